The third-order valence-corrected chi connectivity index (χ3v) is 3.08. The molecule has 16 heavy (non-hydrogen) atoms. The van der Waals surface area contributed by atoms with Gasteiger partial charge in [-0.25, -0.2) is 0 Å². The molecule has 0 aliphatic rings. The number of rotatable bonds is 3. The highest BCUT2D eigenvalue weighted by Crippen LogP contribution is 2.12. The topological polar surface area (TPSA) is 17.1 Å². The highest BCUT2D eigenvalue weighted by atomic mass is 32.1. The van der Waals surface area contributed by atoms with E-state index in [2.05, 4.69) is 0 Å². The Morgan fingerprint density at radius 2 is 2.12 bits per heavy atom. The number of ketones is 1. The van der Waals surface area contributed by atoms with Crippen LogP contribution < -0.4 is 0 Å². The van der Waals surface area contributed by atoms with Crippen molar-refractivity contribution in [2.75, 3.05) is 0 Å². The summed E-state index contributed by atoms with van der Waals surface area (Å²) in [6, 6.07) is 11.6. The minimum absolute atomic E-state index is 0.0529. The number of carbonyl (C=O) groups excluding carboxylic acids is 1. The standard InChI is InChI=1S/C14H12OS/c1-11-4-2-5-12(10-11)14(15)8-7-13-6-3-9-16-13/h2-10H,1H3/b8-7+. The summed E-state index contributed by atoms with van der Waals surface area (Å²) in [6.45, 7) is 1.99. The van der Waals surface area contributed by atoms with Crippen molar-refractivity contribution < 1.29 is 4.79 Å². The van der Waals surface area contributed by atoms with Crippen molar-refractivity contribution in [1.29, 1.82) is 0 Å². The number of hydrogen-bond acceptors (Lipinski definition) is 2. The highest BCUT2D eigenvalue weighted by Gasteiger charge is 2.00. The van der Waals surface area contributed by atoms with Gasteiger partial charge in [0.2, 0.25) is 0 Å². The third-order valence-electron chi connectivity index (χ3n) is 2.24. The van der Waals surface area contributed by atoms with E-state index in [0.29, 0.717) is 0 Å². The van der Waals surface area contributed by atoms with Crippen LogP contribution in [0.2, 0.25) is 0 Å². The van der Waals surface area contributed by atoms with Crippen molar-refractivity contribution in [1.82, 2.24) is 0 Å². The summed E-state index contributed by atoms with van der Waals surface area (Å²) in [6.07, 6.45) is 3.48. The summed E-state index contributed by atoms with van der Waals surface area (Å²) in [5.41, 5.74) is 1.85. The molecule has 0 atom stereocenters. The molecule has 1 aromatic carbocycles. The molecule has 0 amide bonds. The molecule has 80 valence electrons. The zero-order chi connectivity index (χ0) is 11.4. The van der Waals surface area contributed by atoms with Crippen LogP contribution in [0.3, 0.4) is 0 Å². The van der Waals surface area contributed by atoms with E-state index in [0.717, 1.165) is 16.0 Å². The first-order valence-corrected chi connectivity index (χ1v) is 5.96. The molecule has 2 aromatic rings. The van der Waals surface area contributed by atoms with Gasteiger partial charge in [0.25, 0.3) is 0 Å². The smallest absolute Gasteiger partial charge is 0.185 e. The third kappa shape index (κ3) is 2.67. The molecular formula is C14H12OS. The zero-order valence-electron chi connectivity index (χ0n) is 9.01. The molecule has 0 bridgehead atoms. The molecule has 0 N–H and O–H groups in total. The van der Waals surface area contributed by atoms with Gasteiger partial charge in [0.1, 0.15) is 0 Å². The van der Waals surface area contributed by atoms with E-state index in [1.807, 2.05) is 54.8 Å². The van der Waals surface area contributed by atoms with Gasteiger partial charge in [-0.05, 0) is 36.6 Å². The predicted octanol–water partition coefficient (Wildman–Crippen LogP) is 3.95. The van der Waals surface area contributed by atoms with E-state index >= 15 is 0 Å². The number of allylic oxidation sites excluding steroid dienone is 1. The Morgan fingerprint density at radius 3 is 2.81 bits per heavy atom. The maximum Gasteiger partial charge on any atom is 0.185 e. The number of aryl methyl sites for hydroxylation is 1. The average molecular weight is 228 g/mol. The molecule has 0 fully saturated rings. The summed E-state index contributed by atoms with van der Waals surface area (Å²) in [4.78, 5) is 12.9. The number of thiophene rings is 1. The lowest BCUT2D eigenvalue weighted by Crippen LogP contribution is -1.93. The second-order valence-corrected chi connectivity index (χ2v) is 4.56. The van der Waals surface area contributed by atoms with Gasteiger partial charge < -0.3 is 0 Å². The van der Waals surface area contributed by atoms with E-state index in [4.69, 9.17) is 0 Å². The molecule has 0 aliphatic carbocycles. The first-order valence-electron chi connectivity index (χ1n) is 5.08. The van der Waals surface area contributed by atoms with Crippen LogP contribution >= 0.6 is 11.3 Å². The predicted molar refractivity (Wildman–Crippen MR) is 68.9 cm³/mol. The molecule has 1 aromatic heterocycles. The van der Waals surface area contributed by atoms with Crippen molar-refractivity contribution in [3.63, 3.8) is 0 Å². The van der Waals surface area contributed by atoms with Crippen molar-refractivity contribution in [2.45, 2.75) is 6.92 Å². The van der Waals surface area contributed by atoms with Crippen molar-refractivity contribution >= 4 is 23.2 Å². The lowest BCUT2D eigenvalue weighted by Gasteiger charge is -1.96. The Hall–Kier alpha value is -1.67. The summed E-state index contributed by atoms with van der Waals surface area (Å²) in [5.74, 6) is 0.0529. The van der Waals surface area contributed by atoms with Crippen LogP contribution in [0.25, 0.3) is 6.08 Å². The van der Waals surface area contributed by atoms with Crippen LogP contribution in [0.1, 0.15) is 20.8 Å². The van der Waals surface area contributed by atoms with Gasteiger partial charge in [-0.3, -0.25) is 4.79 Å². The van der Waals surface area contributed by atoms with Gasteiger partial charge in [0.05, 0.1) is 0 Å². The van der Waals surface area contributed by atoms with Crippen LogP contribution in [-0.2, 0) is 0 Å². The van der Waals surface area contributed by atoms with Crippen molar-refractivity contribution in [3.8, 4) is 0 Å². The van der Waals surface area contributed by atoms with Crippen LogP contribution in [0, 0.1) is 6.92 Å². The van der Waals surface area contributed by atoms with Gasteiger partial charge in [0.15, 0.2) is 5.78 Å². The molecule has 0 aliphatic heterocycles. The lowest BCUT2D eigenvalue weighted by atomic mass is 10.1. The van der Waals surface area contributed by atoms with E-state index in [-0.39, 0.29) is 5.78 Å². The van der Waals surface area contributed by atoms with Crippen LogP contribution in [-0.4, -0.2) is 5.78 Å². The minimum atomic E-state index is 0.0529. The first-order chi connectivity index (χ1) is 7.75. The van der Waals surface area contributed by atoms with E-state index in [9.17, 15) is 4.79 Å². The fourth-order valence-electron chi connectivity index (χ4n) is 1.44. The average Bonchev–Trinajstić information content (AvgIpc) is 2.78. The Labute approximate surface area is 99.1 Å². The Balaban J connectivity index is 2.15. The first kappa shape index (κ1) is 10.8. The molecule has 0 saturated carbocycles. The van der Waals surface area contributed by atoms with Crippen LogP contribution in [0.5, 0.6) is 0 Å². The second kappa shape index (κ2) is 4.90. The molecule has 2 rings (SSSR count). The van der Waals surface area contributed by atoms with Crippen molar-refractivity contribution in [3.05, 3.63) is 63.9 Å². The van der Waals surface area contributed by atoms with Crippen molar-refractivity contribution in [2.24, 2.45) is 0 Å². The number of carbonyl (C=O) groups is 1. The Morgan fingerprint density at radius 1 is 1.25 bits per heavy atom. The Bertz CT molecular complexity index is 509. The summed E-state index contributed by atoms with van der Waals surface area (Å²) in [7, 11) is 0. The van der Waals surface area contributed by atoms with Gasteiger partial charge in [-0.2, -0.15) is 0 Å². The van der Waals surface area contributed by atoms with Gasteiger partial charge >= 0.3 is 0 Å². The maximum absolute atomic E-state index is 11.8. The Kier molecular flexibility index (Phi) is 3.32. The second-order valence-electron chi connectivity index (χ2n) is 3.58. The van der Waals surface area contributed by atoms with Crippen LogP contribution in [0.15, 0.2) is 47.9 Å². The quantitative estimate of drug-likeness (QED) is 0.574. The van der Waals surface area contributed by atoms with E-state index < -0.39 is 0 Å². The molecular weight excluding hydrogens is 216 g/mol. The highest BCUT2D eigenvalue weighted by molar-refractivity contribution is 7.10. The molecule has 0 spiro atoms. The van der Waals surface area contributed by atoms with Gasteiger partial charge in [-0.15, -0.1) is 11.3 Å². The molecule has 0 unspecified atom stereocenters. The monoisotopic (exact) mass is 228 g/mol. The van der Waals surface area contributed by atoms with Gasteiger partial charge in [0, 0.05) is 10.4 Å². The van der Waals surface area contributed by atoms with E-state index in [1.54, 1.807) is 17.4 Å². The van der Waals surface area contributed by atoms with Gasteiger partial charge in [-0.1, -0.05) is 29.8 Å². The van der Waals surface area contributed by atoms with E-state index in [1.165, 1.54) is 0 Å². The number of benzene rings is 1. The largest absolute Gasteiger partial charge is 0.289 e. The number of hydrogen-bond donors (Lipinski definition) is 0. The molecule has 0 radical (unpaired) electrons. The van der Waals surface area contributed by atoms with Crippen LogP contribution in [0.4, 0.5) is 0 Å². The fourth-order valence-corrected chi connectivity index (χ4v) is 2.06. The summed E-state index contributed by atoms with van der Waals surface area (Å²) >= 11 is 1.62. The normalized spacial score (nSPS) is 10.8. The fraction of sp³-hybridized carbons (Fsp3) is 0.0714. The summed E-state index contributed by atoms with van der Waals surface area (Å²) < 4.78 is 0. The molecule has 0 saturated heterocycles. The minimum Gasteiger partial charge on any atom is -0.289 e. The lowest BCUT2D eigenvalue weighted by molar-refractivity contribution is 0.104. The SMILES string of the molecule is Cc1cccc(C(=O)/C=C/c2cccs2)c1. The molecule has 1 heterocycles. The molecule has 1 nitrogen and oxygen atoms in total. The molecule has 2 heteroatoms. The maximum atomic E-state index is 11.8. The summed E-state index contributed by atoms with van der Waals surface area (Å²) in [5, 5.41) is 2.00. The zero-order valence-corrected chi connectivity index (χ0v) is 9.83.